The van der Waals surface area contributed by atoms with Crippen LogP contribution in [0.15, 0.2) is 121 Å². The van der Waals surface area contributed by atoms with Crippen molar-refractivity contribution in [3.05, 3.63) is 144 Å². The van der Waals surface area contributed by atoms with Crippen molar-refractivity contribution in [2.75, 3.05) is 27.4 Å². The third kappa shape index (κ3) is 8.41. The summed E-state index contributed by atoms with van der Waals surface area (Å²) in [6.45, 7) is 1.38. The van der Waals surface area contributed by atoms with Gasteiger partial charge in [-0.15, -0.1) is 11.8 Å². The van der Waals surface area contributed by atoms with Gasteiger partial charge in [-0.05, 0) is 11.1 Å². The molecular formula is C42H46O10S. The molecule has 4 heterocycles. The Kier molecular flexibility index (Phi) is 12.2. The van der Waals surface area contributed by atoms with E-state index >= 15 is 0 Å². The number of benzene rings is 4. The molecule has 280 valence electrons. The molecule has 4 aliphatic heterocycles. The normalized spacial score (nSPS) is 34.2. The molecule has 4 fully saturated rings. The van der Waals surface area contributed by atoms with E-state index in [0.717, 1.165) is 22.3 Å². The van der Waals surface area contributed by atoms with Crippen LogP contribution in [0.1, 0.15) is 34.8 Å². The number of fused-ring (bicyclic) bond motifs is 2. The van der Waals surface area contributed by atoms with E-state index in [0.29, 0.717) is 26.4 Å². The second kappa shape index (κ2) is 17.5. The first-order valence-corrected chi connectivity index (χ1v) is 19.1. The summed E-state index contributed by atoms with van der Waals surface area (Å²) in [5.41, 5.74) is 3.95. The molecule has 0 aliphatic carbocycles. The van der Waals surface area contributed by atoms with E-state index in [-0.39, 0.29) is 0 Å². The van der Waals surface area contributed by atoms with Gasteiger partial charge in [-0.1, -0.05) is 121 Å². The quantitative estimate of drug-likeness (QED) is 0.157. The molecule has 0 N–H and O–H groups in total. The van der Waals surface area contributed by atoms with Gasteiger partial charge in [0.05, 0.1) is 36.9 Å². The lowest BCUT2D eigenvalue weighted by Crippen LogP contribution is -2.65. The van der Waals surface area contributed by atoms with E-state index in [2.05, 4.69) is 24.3 Å². The molecule has 53 heavy (non-hydrogen) atoms. The second-order valence-corrected chi connectivity index (χ2v) is 14.9. The highest BCUT2D eigenvalue weighted by molar-refractivity contribution is 8.00. The van der Waals surface area contributed by atoms with Crippen molar-refractivity contribution in [1.82, 2.24) is 0 Å². The molecule has 0 saturated carbocycles. The Labute approximate surface area is 314 Å². The van der Waals surface area contributed by atoms with Crippen LogP contribution in [0, 0.1) is 0 Å². The van der Waals surface area contributed by atoms with Crippen LogP contribution in [0.5, 0.6) is 0 Å². The predicted octanol–water partition coefficient (Wildman–Crippen LogP) is 6.60. The Morgan fingerprint density at radius 1 is 0.509 bits per heavy atom. The van der Waals surface area contributed by atoms with Crippen LogP contribution < -0.4 is 0 Å². The van der Waals surface area contributed by atoms with Gasteiger partial charge < -0.3 is 47.4 Å². The second-order valence-electron chi connectivity index (χ2n) is 13.5. The molecular weight excluding hydrogens is 697 g/mol. The van der Waals surface area contributed by atoms with Gasteiger partial charge in [0, 0.05) is 25.3 Å². The Bertz CT molecular complexity index is 1560. The largest absolute Gasteiger partial charge is 0.369 e. The maximum absolute atomic E-state index is 6.89. The number of rotatable bonds is 12. The molecule has 4 aromatic rings. The summed E-state index contributed by atoms with van der Waals surface area (Å²) in [6.07, 6.45) is -5.21. The Hall–Kier alpha value is -3.17. The predicted molar refractivity (Wildman–Crippen MR) is 197 cm³/mol. The van der Waals surface area contributed by atoms with Gasteiger partial charge in [-0.3, -0.25) is 0 Å². The van der Waals surface area contributed by atoms with E-state index in [1.807, 2.05) is 97.1 Å². The first-order chi connectivity index (χ1) is 26.2. The van der Waals surface area contributed by atoms with Gasteiger partial charge in [0.25, 0.3) is 0 Å². The minimum Gasteiger partial charge on any atom is -0.369 e. The molecule has 4 saturated heterocycles. The minimum absolute atomic E-state index is 0.321. The van der Waals surface area contributed by atoms with Crippen LogP contribution in [0.4, 0.5) is 0 Å². The van der Waals surface area contributed by atoms with Crippen molar-refractivity contribution in [2.45, 2.75) is 85.5 Å². The maximum atomic E-state index is 6.89. The van der Waals surface area contributed by atoms with Gasteiger partial charge in [0.15, 0.2) is 25.2 Å². The number of thioether (sulfide) groups is 1. The van der Waals surface area contributed by atoms with Crippen LogP contribution in [0.3, 0.4) is 0 Å². The summed E-state index contributed by atoms with van der Waals surface area (Å²) in [4.78, 5) is 0. The monoisotopic (exact) mass is 742 g/mol. The van der Waals surface area contributed by atoms with Crippen molar-refractivity contribution in [3.8, 4) is 0 Å². The van der Waals surface area contributed by atoms with Crippen molar-refractivity contribution in [2.24, 2.45) is 0 Å². The maximum Gasteiger partial charge on any atom is 0.184 e. The smallest absolute Gasteiger partial charge is 0.184 e. The van der Waals surface area contributed by atoms with Crippen LogP contribution in [-0.4, -0.2) is 87.1 Å². The summed E-state index contributed by atoms with van der Waals surface area (Å²) >= 11 is 1.61. The first-order valence-electron chi connectivity index (χ1n) is 18.2. The van der Waals surface area contributed by atoms with E-state index in [1.165, 1.54) is 0 Å². The number of ether oxygens (including phenoxy) is 10. The van der Waals surface area contributed by atoms with Gasteiger partial charge >= 0.3 is 0 Å². The summed E-state index contributed by atoms with van der Waals surface area (Å²) in [5, 5.41) is -0.787. The standard InChI is InChI=1S/C42H46O10S/c1-43-41-37(35(45-23-27-15-7-3-8-16-27)33-31(49-41)25-47-39(51-33)29-19-11-5-12-20-29)53-38-36(46-24-28-17-9-4-10-18-28)34-32(50-42(38)44-2)26-48-40(52-34)30-21-13-6-14-22-30/h3-22,31-42H,23-26H2,1-2H3/t31?,32?,33-,34-,35?,36?,37?,38?,39?,40?,41-,42-/m1/s1. The van der Waals surface area contributed by atoms with Crippen molar-refractivity contribution < 1.29 is 47.4 Å². The van der Waals surface area contributed by atoms with Crippen LogP contribution in [-0.2, 0) is 60.6 Å². The Morgan fingerprint density at radius 2 is 0.887 bits per heavy atom. The SMILES string of the molecule is CO[C@@H]1OC2COC(c3ccccc3)O[C@H]2C(OCc2ccccc2)C1SC1C(OCc2ccccc2)[C@@H]2OC(c3ccccc3)OCC2O[C@H]1OC. The Morgan fingerprint density at radius 3 is 1.26 bits per heavy atom. The highest BCUT2D eigenvalue weighted by Gasteiger charge is 2.56. The van der Waals surface area contributed by atoms with Crippen LogP contribution in [0.25, 0.3) is 0 Å². The highest BCUT2D eigenvalue weighted by Crippen LogP contribution is 2.46. The van der Waals surface area contributed by atoms with Crippen molar-refractivity contribution >= 4 is 11.8 Å². The summed E-state index contributed by atoms with van der Waals surface area (Å²) < 4.78 is 65.1. The van der Waals surface area contributed by atoms with Crippen molar-refractivity contribution in [1.29, 1.82) is 0 Å². The van der Waals surface area contributed by atoms with E-state index < -0.39 is 72.3 Å². The molecule has 12 atom stereocenters. The third-order valence-corrected chi connectivity index (χ3v) is 11.7. The fourth-order valence-corrected chi connectivity index (χ4v) is 9.16. The molecule has 4 aliphatic rings. The zero-order valence-corrected chi connectivity index (χ0v) is 30.6. The zero-order valence-electron chi connectivity index (χ0n) is 29.8. The van der Waals surface area contributed by atoms with E-state index in [4.69, 9.17) is 47.4 Å². The van der Waals surface area contributed by atoms with E-state index in [1.54, 1.807) is 26.0 Å². The van der Waals surface area contributed by atoms with Crippen LogP contribution in [0.2, 0.25) is 0 Å². The summed E-state index contributed by atoms with van der Waals surface area (Å²) in [5.74, 6) is 0. The molecule has 4 aromatic carbocycles. The van der Waals surface area contributed by atoms with Gasteiger partial charge in [-0.25, -0.2) is 0 Å². The zero-order chi connectivity index (χ0) is 36.0. The topological polar surface area (TPSA) is 92.3 Å². The molecule has 8 unspecified atom stereocenters. The first kappa shape index (κ1) is 36.8. The average molecular weight is 743 g/mol. The molecule has 0 radical (unpaired) electrons. The number of hydrogen-bond donors (Lipinski definition) is 0. The molecule has 11 heteroatoms. The number of methoxy groups -OCH3 is 2. The molecule has 0 bridgehead atoms. The van der Waals surface area contributed by atoms with Crippen LogP contribution >= 0.6 is 11.8 Å². The number of hydrogen-bond acceptors (Lipinski definition) is 11. The molecule has 0 aromatic heterocycles. The highest BCUT2D eigenvalue weighted by atomic mass is 32.2. The lowest BCUT2D eigenvalue weighted by molar-refractivity contribution is -0.340. The summed E-state index contributed by atoms with van der Waals surface area (Å²) in [6, 6.07) is 40.1. The average Bonchev–Trinajstić information content (AvgIpc) is 3.23. The third-order valence-electron chi connectivity index (χ3n) is 10.1. The molecule has 0 amide bonds. The van der Waals surface area contributed by atoms with Gasteiger partial charge in [-0.2, -0.15) is 0 Å². The molecule has 8 rings (SSSR count). The fraction of sp³-hybridized carbons (Fsp3) is 0.429. The Balaban J connectivity index is 1.12. The minimum atomic E-state index is -0.667. The van der Waals surface area contributed by atoms with Gasteiger partial charge in [0.2, 0.25) is 0 Å². The van der Waals surface area contributed by atoms with Crippen molar-refractivity contribution in [3.63, 3.8) is 0 Å². The van der Waals surface area contributed by atoms with Gasteiger partial charge in [0.1, 0.15) is 36.6 Å². The lowest BCUT2D eigenvalue weighted by Gasteiger charge is -2.52. The fourth-order valence-electron chi connectivity index (χ4n) is 7.41. The molecule has 10 nitrogen and oxygen atoms in total. The lowest BCUT2D eigenvalue weighted by atomic mass is 9.98. The molecule has 0 spiro atoms. The summed E-state index contributed by atoms with van der Waals surface area (Å²) in [7, 11) is 3.31. The van der Waals surface area contributed by atoms with E-state index in [9.17, 15) is 0 Å².